The van der Waals surface area contributed by atoms with Crippen LogP contribution in [0.5, 0.6) is 0 Å². The molecule has 0 bridgehead atoms. The second-order valence-electron chi connectivity index (χ2n) is 2.07. The van der Waals surface area contributed by atoms with E-state index in [9.17, 15) is 9.28 Å². The van der Waals surface area contributed by atoms with E-state index in [1.165, 1.54) is 6.20 Å². The molecule has 0 aliphatic heterocycles. The third-order valence-corrected chi connectivity index (χ3v) is 1.13. The van der Waals surface area contributed by atoms with Crippen molar-refractivity contribution in [3.05, 3.63) is 24.5 Å². The number of halogens is 1. The number of carbonyl (C=O) groups is 1. The van der Waals surface area contributed by atoms with Gasteiger partial charge in [0.15, 0.2) is 0 Å². The molecule has 1 N–H and O–H groups in total. The van der Waals surface area contributed by atoms with E-state index >= 15 is 0 Å². The Bertz CT molecular complexity index is 263. The molecule has 0 aliphatic rings. The van der Waals surface area contributed by atoms with Crippen LogP contribution >= 0.6 is 0 Å². The predicted molar refractivity (Wildman–Crippen MR) is 41.0 cm³/mol. The van der Waals surface area contributed by atoms with E-state index < -0.39 is 6.03 Å². The Hall–Kier alpha value is -1.65. The number of hydrogen-bond acceptors (Lipinski definition) is 2. The van der Waals surface area contributed by atoms with Crippen molar-refractivity contribution >= 4 is 11.7 Å². The maximum atomic E-state index is 12.2. The molecule has 63 valence electrons. The normalized spacial score (nSPS) is 9.17. The first kappa shape index (κ1) is 8.45. The number of amides is 2. The van der Waals surface area contributed by atoms with Gasteiger partial charge in [-0.15, -0.1) is 0 Å². The van der Waals surface area contributed by atoms with E-state index in [0.717, 1.165) is 7.05 Å². The van der Waals surface area contributed by atoms with Gasteiger partial charge in [0.25, 0.3) is 0 Å². The predicted octanol–water partition coefficient (Wildman–Crippen LogP) is 1.23. The number of nitrogens with one attached hydrogen (secondary N) is 1. The Kier molecular flexibility index (Phi) is 2.57. The molecule has 2 amide bonds. The van der Waals surface area contributed by atoms with Crippen LogP contribution in [0, 0.1) is 6.20 Å². The van der Waals surface area contributed by atoms with Gasteiger partial charge in [-0.05, 0) is 12.1 Å². The van der Waals surface area contributed by atoms with Crippen LogP contribution in [-0.2, 0) is 0 Å². The van der Waals surface area contributed by atoms with E-state index in [1.807, 2.05) is 0 Å². The smallest absolute Gasteiger partial charge is 0.304 e. The van der Waals surface area contributed by atoms with Crippen molar-refractivity contribution in [2.45, 2.75) is 0 Å². The van der Waals surface area contributed by atoms with Gasteiger partial charge < -0.3 is 5.32 Å². The molecule has 0 fully saturated rings. The van der Waals surface area contributed by atoms with Crippen LogP contribution in [-0.4, -0.2) is 23.2 Å². The van der Waals surface area contributed by atoms with E-state index in [4.69, 9.17) is 0 Å². The molecule has 0 saturated heterocycles. The molecule has 4 nitrogen and oxygen atoms in total. The van der Waals surface area contributed by atoms with Gasteiger partial charge in [0.05, 0.1) is 5.69 Å². The highest BCUT2D eigenvalue weighted by Crippen LogP contribution is 2.02. The van der Waals surface area contributed by atoms with Crippen molar-refractivity contribution in [3.63, 3.8) is 0 Å². The average Bonchev–Trinajstić information content (AvgIpc) is 2.06. The lowest BCUT2D eigenvalue weighted by Gasteiger charge is -2.06. The lowest BCUT2D eigenvalue weighted by atomic mass is 10.4. The van der Waals surface area contributed by atoms with Crippen molar-refractivity contribution < 1.29 is 9.28 Å². The van der Waals surface area contributed by atoms with Gasteiger partial charge in [0, 0.05) is 13.2 Å². The van der Waals surface area contributed by atoms with Crippen LogP contribution in [0.3, 0.4) is 0 Å². The Morgan fingerprint density at radius 2 is 2.58 bits per heavy atom. The van der Waals surface area contributed by atoms with Crippen molar-refractivity contribution in [1.29, 1.82) is 0 Å². The van der Waals surface area contributed by atoms with Gasteiger partial charge >= 0.3 is 6.03 Å². The van der Waals surface area contributed by atoms with Crippen molar-refractivity contribution in [1.82, 2.24) is 10.1 Å². The molecule has 1 heterocycles. The van der Waals surface area contributed by atoms with Gasteiger partial charge in [-0.1, -0.05) is 4.48 Å². The number of carbonyl (C=O) groups excluding carboxylic acids is 1. The zero-order valence-electron chi connectivity index (χ0n) is 6.41. The van der Waals surface area contributed by atoms with Crippen molar-refractivity contribution in [2.75, 3.05) is 12.4 Å². The maximum absolute atomic E-state index is 12.2. The summed E-state index contributed by atoms with van der Waals surface area (Å²) >= 11 is 0. The number of rotatable bonds is 1. The lowest BCUT2D eigenvalue weighted by Crippen LogP contribution is -2.23. The minimum Gasteiger partial charge on any atom is -0.304 e. The van der Waals surface area contributed by atoms with E-state index in [-0.39, 0.29) is 5.12 Å². The molecular formula is C7H7FN3O. The van der Waals surface area contributed by atoms with Gasteiger partial charge in [0.2, 0.25) is 0 Å². The lowest BCUT2D eigenvalue weighted by molar-refractivity contribution is 0.104. The summed E-state index contributed by atoms with van der Waals surface area (Å²) in [6.45, 7) is 0. The Balaban J connectivity index is 2.59. The molecule has 0 aromatic carbocycles. The number of anilines is 1. The number of pyridine rings is 1. The van der Waals surface area contributed by atoms with E-state index in [0.29, 0.717) is 5.69 Å². The highest BCUT2D eigenvalue weighted by Gasteiger charge is 2.06. The molecule has 1 aromatic rings. The Labute approximate surface area is 69.0 Å². The van der Waals surface area contributed by atoms with Crippen molar-refractivity contribution in [2.24, 2.45) is 0 Å². The fourth-order valence-corrected chi connectivity index (χ4v) is 0.588. The zero-order chi connectivity index (χ0) is 8.97. The van der Waals surface area contributed by atoms with Crippen LogP contribution in [0.1, 0.15) is 0 Å². The average molecular weight is 168 g/mol. The standard InChI is InChI=1S/C7H7FN3O/c1-11(8)7(12)10-6-3-2-4-9-5-6/h2-4H,1H3,(H,10,12). The molecule has 0 unspecified atom stereocenters. The summed E-state index contributed by atoms with van der Waals surface area (Å²) in [5, 5.41) is 2.18. The van der Waals surface area contributed by atoms with Crippen LogP contribution < -0.4 is 5.32 Å². The van der Waals surface area contributed by atoms with Gasteiger partial charge in [-0.3, -0.25) is 4.98 Å². The quantitative estimate of drug-likeness (QED) is 0.641. The summed E-state index contributed by atoms with van der Waals surface area (Å²) in [6.07, 6.45) is 3.99. The van der Waals surface area contributed by atoms with Gasteiger partial charge in [-0.25, -0.2) is 4.79 Å². The summed E-state index contributed by atoms with van der Waals surface area (Å²) in [5.74, 6) is 0. The molecule has 1 rings (SSSR count). The molecule has 0 aliphatic carbocycles. The number of nitrogens with zero attached hydrogens (tertiary/aromatic N) is 2. The minimum absolute atomic E-state index is 0.0547. The van der Waals surface area contributed by atoms with Crippen LogP contribution in [0.25, 0.3) is 0 Å². The SMILES string of the molecule is CN(F)C(=O)Nc1[c]nccc1. The largest absolute Gasteiger partial charge is 0.349 e. The molecular weight excluding hydrogens is 161 g/mol. The fraction of sp³-hybridized carbons (Fsp3) is 0.143. The molecule has 0 spiro atoms. The van der Waals surface area contributed by atoms with Crippen LogP contribution in [0.4, 0.5) is 15.0 Å². The maximum Gasteiger partial charge on any atom is 0.349 e. The first-order chi connectivity index (χ1) is 5.70. The first-order valence-corrected chi connectivity index (χ1v) is 3.23. The fourth-order valence-electron chi connectivity index (χ4n) is 0.588. The van der Waals surface area contributed by atoms with Gasteiger partial charge in [-0.2, -0.15) is 5.12 Å². The summed E-state index contributed by atoms with van der Waals surface area (Å²) in [4.78, 5) is 14.3. The van der Waals surface area contributed by atoms with E-state index in [2.05, 4.69) is 16.5 Å². The number of aromatic nitrogens is 1. The second kappa shape index (κ2) is 3.66. The molecule has 0 atom stereocenters. The van der Waals surface area contributed by atoms with E-state index in [1.54, 1.807) is 12.1 Å². The zero-order valence-corrected chi connectivity index (χ0v) is 6.41. The third kappa shape index (κ3) is 2.19. The summed E-state index contributed by atoms with van der Waals surface area (Å²) in [5.41, 5.74) is 0.340. The number of urea groups is 1. The molecule has 1 aromatic heterocycles. The molecule has 0 saturated carbocycles. The minimum atomic E-state index is -0.848. The van der Waals surface area contributed by atoms with Crippen LogP contribution in [0.15, 0.2) is 18.3 Å². The number of hydrogen-bond donors (Lipinski definition) is 1. The van der Waals surface area contributed by atoms with Gasteiger partial charge in [0.1, 0.15) is 6.20 Å². The topological polar surface area (TPSA) is 45.2 Å². The summed E-state index contributed by atoms with van der Waals surface area (Å²) in [7, 11) is 1.01. The highest BCUT2D eigenvalue weighted by molar-refractivity contribution is 5.87. The monoisotopic (exact) mass is 168 g/mol. The van der Waals surface area contributed by atoms with Crippen molar-refractivity contribution in [3.8, 4) is 0 Å². The van der Waals surface area contributed by atoms with Crippen LogP contribution in [0.2, 0.25) is 0 Å². The molecule has 12 heavy (non-hydrogen) atoms. The Morgan fingerprint density at radius 3 is 3.08 bits per heavy atom. The molecule has 5 heteroatoms. The summed E-state index contributed by atoms with van der Waals surface area (Å²) in [6, 6.07) is 2.33. The second-order valence-corrected chi connectivity index (χ2v) is 2.07. The highest BCUT2D eigenvalue weighted by atomic mass is 19.2. The summed E-state index contributed by atoms with van der Waals surface area (Å²) < 4.78 is 12.2. The first-order valence-electron chi connectivity index (χ1n) is 3.23. The third-order valence-electron chi connectivity index (χ3n) is 1.13. The Morgan fingerprint density at radius 1 is 1.83 bits per heavy atom. The molecule has 1 radical (unpaired) electrons.